The number of ether oxygens (including phenoxy) is 1. The normalized spacial score (nSPS) is 15.1. The third kappa shape index (κ3) is 2.86. The maximum Gasteiger partial charge on any atom is 0.238 e. The number of nitrogens with zero attached hydrogens (tertiary/aromatic N) is 5. The zero-order valence-corrected chi connectivity index (χ0v) is 16.4. The number of fused-ring (bicyclic) bond motifs is 2. The van der Waals surface area contributed by atoms with Crippen molar-refractivity contribution in [1.82, 2.24) is 19.5 Å². The third-order valence-electron chi connectivity index (χ3n) is 4.76. The van der Waals surface area contributed by atoms with Crippen molar-refractivity contribution in [3.05, 3.63) is 41.0 Å². The highest BCUT2D eigenvalue weighted by Crippen LogP contribution is 2.34. The van der Waals surface area contributed by atoms with E-state index in [9.17, 15) is 0 Å². The van der Waals surface area contributed by atoms with E-state index >= 15 is 0 Å². The number of anilines is 1. The van der Waals surface area contributed by atoms with Crippen LogP contribution in [0.25, 0.3) is 27.2 Å². The maximum atomic E-state index is 6.09. The largest absolute Gasteiger partial charge is 0.378 e. The van der Waals surface area contributed by atoms with Gasteiger partial charge < -0.3 is 9.64 Å². The molecule has 6 nitrogen and oxygen atoms in total. The van der Waals surface area contributed by atoms with E-state index in [4.69, 9.17) is 26.3 Å². The van der Waals surface area contributed by atoms with Gasteiger partial charge in [0.05, 0.1) is 40.3 Å². The van der Waals surface area contributed by atoms with Crippen molar-refractivity contribution in [1.29, 1.82) is 0 Å². The smallest absolute Gasteiger partial charge is 0.238 e. The second-order valence-corrected chi connectivity index (χ2v) is 7.89. The number of aryl methyl sites for hydroxylation is 1. The average molecular weight is 400 g/mol. The lowest BCUT2D eigenvalue weighted by atomic mass is 10.3. The van der Waals surface area contributed by atoms with Crippen LogP contribution in [0.5, 0.6) is 0 Å². The number of rotatable bonds is 3. The molecule has 3 aromatic heterocycles. The Hall–Kier alpha value is -2.22. The molecule has 4 heterocycles. The van der Waals surface area contributed by atoms with Gasteiger partial charge in [-0.25, -0.2) is 9.97 Å². The number of halogens is 1. The summed E-state index contributed by atoms with van der Waals surface area (Å²) in [6, 6.07) is 10.1. The molecule has 1 aromatic carbocycles. The summed E-state index contributed by atoms with van der Waals surface area (Å²) in [5.41, 5.74) is 2.88. The average Bonchev–Trinajstić information content (AvgIpc) is 3.27. The first-order valence-electron chi connectivity index (χ1n) is 8.88. The van der Waals surface area contributed by atoms with Gasteiger partial charge in [-0.15, -0.1) is 22.9 Å². The van der Waals surface area contributed by atoms with Gasteiger partial charge in [0.25, 0.3) is 0 Å². The summed E-state index contributed by atoms with van der Waals surface area (Å²) < 4.78 is 8.63. The minimum absolute atomic E-state index is 0.478. The first-order chi connectivity index (χ1) is 13.2. The Balaban J connectivity index is 1.76. The molecule has 0 saturated carbocycles. The van der Waals surface area contributed by atoms with Crippen molar-refractivity contribution < 1.29 is 4.74 Å². The Morgan fingerprint density at radius 2 is 1.93 bits per heavy atom. The highest BCUT2D eigenvalue weighted by Gasteiger charge is 2.21. The Morgan fingerprint density at radius 1 is 1.11 bits per heavy atom. The Kier molecular flexibility index (Phi) is 4.22. The number of para-hydroxylation sites is 2. The van der Waals surface area contributed by atoms with Crippen LogP contribution in [0.2, 0.25) is 0 Å². The molecule has 1 aliphatic rings. The summed E-state index contributed by atoms with van der Waals surface area (Å²) in [6.45, 7) is 5.05. The van der Waals surface area contributed by atoms with E-state index in [2.05, 4.69) is 22.0 Å². The second-order valence-electron chi connectivity index (χ2n) is 6.49. The molecule has 0 atom stereocenters. The first kappa shape index (κ1) is 16.9. The number of morpholine rings is 1. The quantitative estimate of drug-likeness (QED) is 0.489. The van der Waals surface area contributed by atoms with Crippen molar-refractivity contribution >= 4 is 50.0 Å². The van der Waals surface area contributed by atoms with Crippen molar-refractivity contribution in [3.8, 4) is 5.95 Å². The van der Waals surface area contributed by atoms with Crippen LogP contribution < -0.4 is 4.90 Å². The standard InChI is InChI=1S/C19H18ClN5OS/c1-12-21-14-4-2-3-5-16(14)25(12)19-22-15-10-13(11-20)27-17(15)18(23-19)24-6-8-26-9-7-24/h2-5,10H,6-9,11H2,1H3. The van der Waals surface area contributed by atoms with Gasteiger partial charge in [0.1, 0.15) is 5.82 Å². The number of alkyl halides is 1. The number of aromatic nitrogens is 4. The van der Waals surface area contributed by atoms with Crippen LogP contribution in [0.4, 0.5) is 5.82 Å². The Labute approximate surface area is 165 Å². The summed E-state index contributed by atoms with van der Waals surface area (Å²) in [7, 11) is 0. The predicted octanol–water partition coefficient (Wildman–Crippen LogP) is 3.91. The van der Waals surface area contributed by atoms with Gasteiger partial charge in [0, 0.05) is 18.0 Å². The molecule has 4 aromatic rings. The Morgan fingerprint density at radius 3 is 2.74 bits per heavy atom. The minimum Gasteiger partial charge on any atom is -0.378 e. The third-order valence-corrected chi connectivity index (χ3v) is 6.33. The van der Waals surface area contributed by atoms with Crippen LogP contribution in [-0.2, 0) is 10.6 Å². The lowest BCUT2D eigenvalue weighted by Crippen LogP contribution is -2.37. The maximum absolute atomic E-state index is 6.09. The molecule has 5 rings (SSSR count). The zero-order chi connectivity index (χ0) is 18.4. The van der Waals surface area contributed by atoms with Gasteiger partial charge in [-0.2, -0.15) is 4.98 Å². The molecule has 0 N–H and O–H groups in total. The molecule has 0 radical (unpaired) electrons. The van der Waals surface area contributed by atoms with Crippen LogP contribution in [0, 0.1) is 6.92 Å². The van der Waals surface area contributed by atoms with Gasteiger partial charge in [0.15, 0.2) is 5.82 Å². The summed E-state index contributed by atoms with van der Waals surface area (Å²) in [5.74, 6) is 2.95. The number of hydrogen-bond acceptors (Lipinski definition) is 6. The number of hydrogen-bond donors (Lipinski definition) is 0. The highest BCUT2D eigenvalue weighted by atomic mass is 35.5. The van der Waals surface area contributed by atoms with Gasteiger partial charge >= 0.3 is 0 Å². The van der Waals surface area contributed by atoms with Crippen molar-refractivity contribution in [2.75, 3.05) is 31.2 Å². The fraction of sp³-hybridized carbons (Fsp3) is 0.316. The molecule has 138 valence electrons. The molecule has 0 amide bonds. The second kappa shape index (κ2) is 6.74. The molecule has 0 unspecified atom stereocenters. The lowest BCUT2D eigenvalue weighted by molar-refractivity contribution is 0.122. The van der Waals surface area contributed by atoms with E-state index in [1.54, 1.807) is 11.3 Å². The highest BCUT2D eigenvalue weighted by molar-refractivity contribution is 7.19. The van der Waals surface area contributed by atoms with Crippen molar-refractivity contribution in [2.24, 2.45) is 0 Å². The zero-order valence-electron chi connectivity index (χ0n) is 14.9. The first-order valence-corrected chi connectivity index (χ1v) is 10.2. The molecule has 1 saturated heterocycles. The molecular formula is C19H18ClN5OS. The number of thiophene rings is 1. The predicted molar refractivity (Wildman–Crippen MR) is 109 cm³/mol. The van der Waals surface area contributed by atoms with Crippen LogP contribution in [-0.4, -0.2) is 45.8 Å². The van der Waals surface area contributed by atoms with Crippen molar-refractivity contribution in [3.63, 3.8) is 0 Å². The Bertz CT molecular complexity index is 1130. The number of benzene rings is 1. The van der Waals surface area contributed by atoms with Crippen LogP contribution in [0.1, 0.15) is 10.7 Å². The van der Waals surface area contributed by atoms with Crippen LogP contribution >= 0.6 is 22.9 Å². The van der Waals surface area contributed by atoms with E-state index in [0.717, 1.165) is 50.9 Å². The van der Waals surface area contributed by atoms with E-state index in [1.165, 1.54) is 0 Å². The molecule has 8 heteroatoms. The van der Waals surface area contributed by atoms with E-state index in [1.807, 2.05) is 29.7 Å². The monoisotopic (exact) mass is 399 g/mol. The summed E-state index contributed by atoms with van der Waals surface area (Å²) >= 11 is 7.76. The van der Waals surface area contributed by atoms with E-state index in [0.29, 0.717) is 25.0 Å². The van der Waals surface area contributed by atoms with Crippen molar-refractivity contribution in [2.45, 2.75) is 12.8 Å². The summed E-state index contributed by atoms with van der Waals surface area (Å²) in [5, 5.41) is 0. The van der Waals surface area contributed by atoms with Gasteiger partial charge in [-0.05, 0) is 25.1 Å². The van der Waals surface area contributed by atoms with Gasteiger partial charge in [-0.1, -0.05) is 12.1 Å². The van der Waals surface area contributed by atoms with E-state index in [-0.39, 0.29) is 0 Å². The summed E-state index contributed by atoms with van der Waals surface area (Å²) in [6.07, 6.45) is 0. The summed E-state index contributed by atoms with van der Waals surface area (Å²) in [4.78, 5) is 17.9. The molecule has 0 bridgehead atoms. The van der Waals surface area contributed by atoms with Gasteiger partial charge in [0.2, 0.25) is 5.95 Å². The number of imidazole rings is 1. The molecule has 27 heavy (non-hydrogen) atoms. The minimum atomic E-state index is 0.478. The van der Waals surface area contributed by atoms with Crippen LogP contribution in [0.3, 0.4) is 0 Å². The molecule has 1 fully saturated rings. The molecular weight excluding hydrogens is 382 g/mol. The molecule has 0 aliphatic carbocycles. The molecule has 0 spiro atoms. The van der Waals surface area contributed by atoms with E-state index < -0.39 is 0 Å². The fourth-order valence-corrected chi connectivity index (χ4v) is 4.71. The van der Waals surface area contributed by atoms with Crippen LogP contribution in [0.15, 0.2) is 30.3 Å². The SMILES string of the molecule is Cc1nc2ccccc2n1-c1nc(N2CCOCC2)c2sc(CCl)cc2n1. The molecule has 1 aliphatic heterocycles. The topological polar surface area (TPSA) is 56.1 Å². The van der Waals surface area contributed by atoms with Gasteiger partial charge in [-0.3, -0.25) is 4.57 Å². The fourth-order valence-electron chi connectivity index (χ4n) is 3.51. The lowest BCUT2D eigenvalue weighted by Gasteiger charge is -2.28.